The quantitative estimate of drug-likeness (QED) is 0.548. The van der Waals surface area contributed by atoms with E-state index in [4.69, 9.17) is 0 Å². The lowest BCUT2D eigenvalue weighted by Gasteiger charge is -2.12. The number of oxime groups is 1. The molecular weight excluding hydrogens is 208 g/mol. The maximum Gasteiger partial charge on any atom is 0.238 e. The first-order chi connectivity index (χ1) is 7.83. The summed E-state index contributed by atoms with van der Waals surface area (Å²) in [7, 11) is 1.45. The highest BCUT2D eigenvalue weighted by atomic mass is 16.6. The van der Waals surface area contributed by atoms with Gasteiger partial charge in [-0.2, -0.15) is 0 Å². The molecule has 1 unspecified atom stereocenters. The van der Waals surface area contributed by atoms with E-state index in [9.17, 15) is 4.79 Å². The smallest absolute Gasteiger partial charge is 0.238 e. The van der Waals surface area contributed by atoms with E-state index in [1.165, 1.54) is 13.3 Å². The molecule has 1 saturated heterocycles. The summed E-state index contributed by atoms with van der Waals surface area (Å²) in [4.78, 5) is 26.1. The Morgan fingerprint density at radius 2 is 2.31 bits per heavy atom. The second-order valence-electron chi connectivity index (χ2n) is 3.37. The van der Waals surface area contributed by atoms with Crippen LogP contribution in [-0.2, 0) is 9.63 Å². The van der Waals surface area contributed by atoms with Gasteiger partial charge in [0.15, 0.2) is 0 Å². The molecule has 1 amide bonds. The average molecular weight is 220 g/mol. The van der Waals surface area contributed by atoms with Crippen LogP contribution < -0.4 is 4.90 Å². The number of hydrogen-bond donors (Lipinski definition) is 0. The number of amides is 1. The van der Waals surface area contributed by atoms with Crippen LogP contribution in [0.25, 0.3) is 0 Å². The predicted octanol–water partition coefficient (Wildman–Crippen LogP) is 0.462. The Morgan fingerprint density at radius 1 is 1.56 bits per heavy atom. The summed E-state index contributed by atoms with van der Waals surface area (Å²) in [5.74, 6) is 0.177. The molecule has 16 heavy (non-hydrogen) atoms. The minimum absolute atomic E-state index is 0.0352. The minimum atomic E-state index is -0.233. The zero-order valence-corrected chi connectivity index (χ0v) is 8.91. The van der Waals surface area contributed by atoms with E-state index in [1.807, 2.05) is 0 Å². The second kappa shape index (κ2) is 4.69. The van der Waals surface area contributed by atoms with Gasteiger partial charge in [0.05, 0.1) is 12.1 Å². The number of anilines is 1. The van der Waals surface area contributed by atoms with E-state index < -0.39 is 0 Å². The Kier molecular flexibility index (Phi) is 3.09. The van der Waals surface area contributed by atoms with E-state index in [1.54, 1.807) is 23.4 Å². The number of carbonyl (C=O) groups is 1. The van der Waals surface area contributed by atoms with Crippen LogP contribution in [0.4, 0.5) is 5.95 Å². The molecule has 1 aromatic heterocycles. The van der Waals surface area contributed by atoms with Gasteiger partial charge in [-0.3, -0.25) is 9.69 Å². The van der Waals surface area contributed by atoms with Crippen molar-refractivity contribution >= 4 is 18.1 Å². The maximum absolute atomic E-state index is 11.9. The minimum Gasteiger partial charge on any atom is -0.399 e. The lowest BCUT2D eigenvalue weighted by molar-refractivity contribution is -0.118. The van der Waals surface area contributed by atoms with Crippen LogP contribution in [0.15, 0.2) is 23.6 Å². The molecule has 1 aliphatic rings. The fraction of sp³-hybridized carbons (Fsp3) is 0.400. The monoisotopic (exact) mass is 220 g/mol. The molecule has 1 aliphatic heterocycles. The lowest BCUT2D eigenvalue weighted by atomic mass is 10.1. The normalized spacial score (nSPS) is 20.7. The van der Waals surface area contributed by atoms with Gasteiger partial charge in [-0.05, 0) is 12.5 Å². The molecule has 0 radical (unpaired) electrons. The highest BCUT2D eigenvalue weighted by molar-refractivity contribution is 6.04. The number of aromatic nitrogens is 2. The zero-order chi connectivity index (χ0) is 11.4. The molecule has 1 aromatic rings. The Morgan fingerprint density at radius 3 is 3.00 bits per heavy atom. The average Bonchev–Trinajstić information content (AvgIpc) is 2.69. The van der Waals surface area contributed by atoms with Crippen molar-refractivity contribution < 1.29 is 9.63 Å². The Bertz CT molecular complexity index is 393. The number of carbonyl (C=O) groups excluding carboxylic acids is 1. The first-order valence-corrected chi connectivity index (χ1v) is 4.98. The summed E-state index contributed by atoms with van der Waals surface area (Å²) >= 11 is 0. The van der Waals surface area contributed by atoms with Crippen molar-refractivity contribution in [2.24, 2.45) is 11.1 Å². The number of rotatable bonds is 3. The SMILES string of the molecule is CO/N=C\C1CCN(c2ncccn2)C1=O. The van der Waals surface area contributed by atoms with E-state index in [0.29, 0.717) is 18.9 Å². The molecule has 1 atom stereocenters. The molecular formula is C10H12N4O2. The molecule has 6 nitrogen and oxygen atoms in total. The summed E-state index contributed by atoms with van der Waals surface area (Å²) in [5, 5.41) is 3.62. The van der Waals surface area contributed by atoms with Gasteiger partial charge >= 0.3 is 0 Å². The maximum atomic E-state index is 11.9. The summed E-state index contributed by atoms with van der Waals surface area (Å²) in [6, 6.07) is 1.72. The summed E-state index contributed by atoms with van der Waals surface area (Å²) in [6.07, 6.45) is 5.47. The molecule has 84 valence electrons. The van der Waals surface area contributed by atoms with Crippen molar-refractivity contribution in [2.75, 3.05) is 18.6 Å². The largest absolute Gasteiger partial charge is 0.399 e. The van der Waals surface area contributed by atoms with E-state index >= 15 is 0 Å². The third kappa shape index (κ3) is 2.00. The molecule has 1 fully saturated rings. The first kappa shape index (κ1) is 10.5. The van der Waals surface area contributed by atoms with E-state index in [-0.39, 0.29) is 11.8 Å². The molecule has 0 aliphatic carbocycles. The summed E-state index contributed by atoms with van der Waals surface area (Å²) < 4.78 is 0. The Balaban J connectivity index is 2.11. The van der Waals surface area contributed by atoms with Gasteiger partial charge in [-0.25, -0.2) is 9.97 Å². The standard InChI is InChI=1S/C10H12N4O2/c1-16-13-7-8-3-6-14(9(8)15)10-11-4-2-5-12-10/h2,4-5,7-8H,3,6H2,1H3/b13-7-. The summed E-state index contributed by atoms with van der Waals surface area (Å²) in [5.41, 5.74) is 0. The molecule has 6 heteroatoms. The molecule has 0 bridgehead atoms. The fourth-order valence-corrected chi connectivity index (χ4v) is 1.60. The van der Waals surface area contributed by atoms with Crippen LogP contribution in [0.5, 0.6) is 0 Å². The van der Waals surface area contributed by atoms with Crippen LogP contribution in [0.2, 0.25) is 0 Å². The molecule has 2 rings (SSSR count). The van der Waals surface area contributed by atoms with Gasteiger partial charge in [0.1, 0.15) is 7.11 Å². The molecule has 0 aromatic carbocycles. The van der Waals surface area contributed by atoms with Crippen molar-refractivity contribution in [1.82, 2.24) is 9.97 Å². The summed E-state index contributed by atoms with van der Waals surface area (Å²) in [6.45, 7) is 0.614. The molecule has 0 spiro atoms. The van der Waals surface area contributed by atoms with E-state index in [0.717, 1.165) is 0 Å². The van der Waals surface area contributed by atoms with Gasteiger partial charge in [0.25, 0.3) is 0 Å². The molecule has 0 saturated carbocycles. The van der Waals surface area contributed by atoms with Gasteiger partial charge in [-0.15, -0.1) is 0 Å². The van der Waals surface area contributed by atoms with Gasteiger partial charge in [0, 0.05) is 18.9 Å². The van der Waals surface area contributed by atoms with Gasteiger partial charge in [0.2, 0.25) is 11.9 Å². The first-order valence-electron chi connectivity index (χ1n) is 4.98. The second-order valence-corrected chi connectivity index (χ2v) is 3.37. The van der Waals surface area contributed by atoms with Crippen molar-refractivity contribution in [3.8, 4) is 0 Å². The van der Waals surface area contributed by atoms with Crippen molar-refractivity contribution in [3.63, 3.8) is 0 Å². The van der Waals surface area contributed by atoms with Crippen molar-refractivity contribution in [1.29, 1.82) is 0 Å². The van der Waals surface area contributed by atoms with Crippen LogP contribution in [0.1, 0.15) is 6.42 Å². The highest BCUT2D eigenvalue weighted by Crippen LogP contribution is 2.20. The third-order valence-electron chi connectivity index (χ3n) is 2.39. The molecule has 0 N–H and O–H groups in total. The zero-order valence-electron chi connectivity index (χ0n) is 8.91. The highest BCUT2D eigenvalue weighted by Gasteiger charge is 2.32. The number of nitrogens with zero attached hydrogens (tertiary/aromatic N) is 4. The van der Waals surface area contributed by atoms with Crippen LogP contribution in [0, 0.1) is 5.92 Å². The fourth-order valence-electron chi connectivity index (χ4n) is 1.60. The topological polar surface area (TPSA) is 67.7 Å². The Hall–Kier alpha value is -1.98. The predicted molar refractivity (Wildman–Crippen MR) is 58.0 cm³/mol. The molecule has 2 heterocycles. The van der Waals surface area contributed by atoms with Crippen LogP contribution in [0.3, 0.4) is 0 Å². The van der Waals surface area contributed by atoms with Crippen molar-refractivity contribution in [2.45, 2.75) is 6.42 Å². The Labute approximate surface area is 92.9 Å². The van der Waals surface area contributed by atoms with Crippen LogP contribution >= 0.6 is 0 Å². The number of hydrogen-bond acceptors (Lipinski definition) is 5. The third-order valence-corrected chi connectivity index (χ3v) is 2.39. The van der Waals surface area contributed by atoms with Crippen molar-refractivity contribution in [3.05, 3.63) is 18.5 Å². The van der Waals surface area contributed by atoms with Gasteiger partial charge in [-0.1, -0.05) is 5.16 Å². The van der Waals surface area contributed by atoms with Gasteiger partial charge < -0.3 is 4.84 Å². The van der Waals surface area contributed by atoms with Crippen LogP contribution in [-0.4, -0.2) is 35.7 Å². The lowest BCUT2D eigenvalue weighted by Crippen LogP contribution is -2.29. The van der Waals surface area contributed by atoms with E-state index in [2.05, 4.69) is 20.0 Å².